The van der Waals surface area contributed by atoms with Crippen LogP contribution in [0.15, 0.2) is 0 Å². The molecule has 0 amide bonds. The summed E-state index contributed by atoms with van der Waals surface area (Å²) in [7, 11) is 0. The number of terminal acetylenes is 1. The Morgan fingerprint density at radius 1 is 1.55 bits per heavy atom. The van der Waals surface area contributed by atoms with Crippen LogP contribution < -0.4 is 0 Å². The van der Waals surface area contributed by atoms with Gasteiger partial charge in [0.25, 0.3) is 0 Å². The van der Waals surface area contributed by atoms with Gasteiger partial charge in [0, 0.05) is 0 Å². The van der Waals surface area contributed by atoms with Gasteiger partial charge in [-0.05, 0) is 25.7 Å². The molecule has 0 aliphatic heterocycles. The van der Waals surface area contributed by atoms with E-state index in [1.165, 1.54) is 0 Å². The molecule has 0 saturated heterocycles. The molecule has 0 aliphatic carbocycles. The fraction of sp³-hybridized carbons (Fsp3) is 0.800. The first-order valence-electron chi connectivity index (χ1n) is 4.18. The molecule has 0 saturated carbocycles. The van der Waals surface area contributed by atoms with Crippen LogP contribution in [0.4, 0.5) is 0 Å². The summed E-state index contributed by atoms with van der Waals surface area (Å²) in [4.78, 5) is 0. The van der Waals surface area contributed by atoms with E-state index in [0.29, 0.717) is 12.3 Å². The number of rotatable bonds is 4. The molecular formula is C10H18O. The van der Waals surface area contributed by atoms with Gasteiger partial charge in [-0.15, -0.1) is 6.42 Å². The smallest absolute Gasteiger partial charge is 0.122 e. The van der Waals surface area contributed by atoms with Crippen LogP contribution in [-0.2, 0) is 0 Å². The molecule has 1 heteroatoms. The number of hydrogen-bond donors (Lipinski definition) is 1. The lowest BCUT2D eigenvalue weighted by Crippen LogP contribution is -2.20. The minimum atomic E-state index is -0.894. The molecule has 0 bridgehead atoms. The second-order valence-corrected chi connectivity index (χ2v) is 3.70. The van der Waals surface area contributed by atoms with E-state index in [9.17, 15) is 5.11 Å². The Balaban J connectivity index is 3.48. The highest BCUT2D eigenvalue weighted by molar-refractivity contribution is 5.03. The van der Waals surface area contributed by atoms with E-state index in [-0.39, 0.29) is 0 Å². The maximum atomic E-state index is 9.40. The lowest BCUT2D eigenvalue weighted by Gasteiger charge is -2.16. The normalized spacial score (nSPS) is 16.0. The van der Waals surface area contributed by atoms with Gasteiger partial charge in [-0.25, -0.2) is 0 Å². The highest BCUT2D eigenvalue weighted by Crippen LogP contribution is 2.14. The number of aliphatic hydroxyl groups is 1. The molecule has 0 aromatic carbocycles. The van der Waals surface area contributed by atoms with Gasteiger partial charge in [-0.1, -0.05) is 26.2 Å². The molecule has 64 valence electrons. The van der Waals surface area contributed by atoms with E-state index in [0.717, 1.165) is 12.8 Å². The molecule has 0 heterocycles. The van der Waals surface area contributed by atoms with Crippen molar-refractivity contribution in [3.05, 3.63) is 0 Å². The average Bonchev–Trinajstić information content (AvgIpc) is 1.87. The zero-order valence-electron chi connectivity index (χ0n) is 7.72. The van der Waals surface area contributed by atoms with Crippen LogP contribution >= 0.6 is 0 Å². The Labute approximate surface area is 69.8 Å². The Morgan fingerprint density at radius 2 is 2.09 bits per heavy atom. The van der Waals surface area contributed by atoms with E-state index >= 15 is 0 Å². The van der Waals surface area contributed by atoms with Crippen molar-refractivity contribution < 1.29 is 5.11 Å². The standard InChI is InChI=1S/C10H18O/c1-5-10(4,11)8-6-7-9(2)3/h1,9,11H,6-8H2,2-4H3. The molecule has 0 aliphatic rings. The van der Waals surface area contributed by atoms with Crippen molar-refractivity contribution in [1.82, 2.24) is 0 Å². The SMILES string of the molecule is C#CC(C)(O)CCCC(C)C. The first kappa shape index (κ1) is 10.5. The molecule has 0 radical (unpaired) electrons. The fourth-order valence-corrected chi connectivity index (χ4v) is 0.927. The monoisotopic (exact) mass is 154 g/mol. The third kappa shape index (κ3) is 5.94. The maximum absolute atomic E-state index is 9.40. The van der Waals surface area contributed by atoms with Gasteiger partial charge in [0.2, 0.25) is 0 Å². The number of hydrogen-bond acceptors (Lipinski definition) is 1. The molecule has 0 rings (SSSR count). The summed E-state index contributed by atoms with van der Waals surface area (Å²) in [5, 5.41) is 9.40. The van der Waals surface area contributed by atoms with Crippen molar-refractivity contribution in [1.29, 1.82) is 0 Å². The summed E-state index contributed by atoms with van der Waals surface area (Å²) in [6.07, 6.45) is 7.98. The topological polar surface area (TPSA) is 20.2 Å². The molecule has 11 heavy (non-hydrogen) atoms. The van der Waals surface area contributed by atoms with Gasteiger partial charge < -0.3 is 5.11 Å². The summed E-state index contributed by atoms with van der Waals surface area (Å²) in [5.74, 6) is 3.07. The van der Waals surface area contributed by atoms with Crippen molar-refractivity contribution in [3.8, 4) is 12.3 Å². The zero-order valence-corrected chi connectivity index (χ0v) is 7.72. The fourth-order valence-electron chi connectivity index (χ4n) is 0.927. The molecule has 1 nitrogen and oxygen atoms in total. The Morgan fingerprint density at radius 3 is 2.45 bits per heavy atom. The van der Waals surface area contributed by atoms with Crippen LogP contribution in [0.3, 0.4) is 0 Å². The van der Waals surface area contributed by atoms with Crippen LogP contribution in [0.25, 0.3) is 0 Å². The Bertz CT molecular complexity index is 139. The minimum Gasteiger partial charge on any atom is -0.378 e. The lowest BCUT2D eigenvalue weighted by atomic mass is 9.97. The van der Waals surface area contributed by atoms with Crippen molar-refractivity contribution in [3.63, 3.8) is 0 Å². The van der Waals surface area contributed by atoms with Crippen LogP contribution in [0, 0.1) is 18.3 Å². The van der Waals surface area contributed by atoms with Gasteiger partial charge in [-0.2, -0.15) is 0 Å². The zero-order chi connectivity index (χ0) is 8.91. The summed E-state index contributed by atoms with van der Waals surface area (Å²) in [5.41, 5.74) is -0.894. The molecule has 0 spiro atoms. The average molecular weight is 154 g/mol. The highest BCUT2D eigenvalue weighted by Gasteiger charge is 2.15. The third-order valence-electron chi connectivity index (χ3n) is 1.76. The van der Waals surface area contributed by atoms with E-state index in [1.54, 1.807) is 6.92 Å². The molecule has 1 N–H and O–H groups in total. The minimum absolute atomic E-state index is 0.698. The van der Waals surface area contributed by atoms with Gasteiger partial charge in [0.05, 0.1) is 0 Å². The molecule has 0 fully saturated rings. The third-order valence-corrected chi connectivity index (χ3v) is 1.76. The van der Waals surface area contributed by atoms with Crippen LogP contribution in [0.5, 0.6) is 0 Å². The van der Waals surface area contributed by atoms with Gasteiger partial charge in [-0.3, -0.25) is 0 Å². The summed E-state index contributed by atoms with van der Waals surface area (Å²) in [6.45, 7) is 6.03. The van der Waals surface area contributed by atoms with Crippen molar-refractivity contribution in [2.45, 2.75) is 45.6 Å². The van der Waals surface area contributed by atoms with E-state index in [4.69, 9.17) is 6.42 Å². The van der Waals surface area contributed by atoms with Crippen molar-refractivity contribution in [2.75, 3.05) is 0 Å². The second kappa shape index (κ2) is 4.41. The second-order valence-electron chi connectivity index (χ2n) is 3.70. The molecule has 0 aromatic rings. The summed E-state index contributed by atoms with van der Waals surface area (Å²) in [6, 6.07) is 0. The predicted octanol–water partition coefficient (Wildman–Crippen LogP) is 2.20. The largest absolute Gasteiger partial charge is 0.378 e. The lowest BCUT2D eigenvalue weighted by molar-refractivity contribution is 0.108. The van der Waals surface area contributed by atoms with Crippen LogP contribution in [0.1, 0.15) is 40.0 Å². The van der Waals surface area contributed by atoms with E-state index in [2.05, 4.69) is 19.8 Å². The molecule has 0 aromatic heterocycles. The predicted molar refractivity (Wildman–Crippen MR) is 48.1 cm³/mol. The first-order chi connectivity index (χ1) is 4.98. The van der Waals surface area contributed by atoms with Gasteiger partial charge in [0.1, 0.15) is 5.60 Å². The molecule has 1 atom stereocenters. The maximum Gasteiger partial charge on any atom is 0.122 e. The summed E-state index contributed by atoms with van der Waals surface area (Å²) >= 11 is 0. The molecular weight excluding hydrogens is 136 g/mol. The van der Waals surface area contributed by atoms with Crippen LogP contribution in [0.2, 0.25) is 0 Å². The Kier molecular flexibility index (Phi) is 4.22. The van der Waals surface area contributed by atoms with Crippen LogP contribution in [-0.4, -0.2) is 10.7 Å². The van der Waals surface area contributed by atoms with E-state index < -0.39 is 5.60 Å². The highest BCUT2D eigenvalue weighted by atomic mass is 16.3. The quantitative estimate of drug-likeness (QED) is 0.615. The summed E-state index contributed by atoms with van der Waals surface area (Å²) < 4.78 is 0. The first-order valence-corrected chi connectivity index (χ1v) is 4.18. The Hall–Kier alpha value is -0.480. The van der Waals surface area contributed by atoms with Gasteiger partial charge in [0.15, 0.2) is 0 Å². The van der Waals surface area contributed by atoms with Gasteiger partial charge >= 0.3 is 0 Å². The molecule has 1 unspecified atom stereocenters. The van der Waals surface area contributed by atoms with Crippen molar-refractivity contribution >= 4 is 0 Å². The van der Waals surface area contributed by atoms with Crippen molar-refractivity contribution in [2.24, 2.45) is 5.92 Å². The van der Waals surface area contributed by atoms with E-state index in [1.807, 2.05) is 0 Å².